The third-order valence-electron chi connectivity index (χ3n) is 3.14. The molecule has 0 saturated heterocycles. The Morgan fingerprint density at radius 2 is 2.06 bits per heavy atom. The first-order valence-corrected chi connectivity index (χ1v) is 6.15. The largest absolute Gasteiger partial charge is 0.274 e. The van der Waals surface area contributed by atoms with Crippen LogP contribution in [0.15, 0.2) is 35.4 Å². The summed E-state index contributed by atoms with van der Waals surface area (Å²) in [6.45, 7) is 1.49. The van der Waals surface area contributed by atoms with Crippen molar-refractivity contribution in [3.63, 3.8) is 0 Å². The number of nitrogens with one attached hydrogen (secondary N) is 1. The van der Waals surface area contributed by atoms with Crippen molar-refractivity contribution < 1.29 is 4.79 Å². The molecule has 90 valence electrons. The fourth-order valence-corrected chi connectivity index (χ4v) is 2.32. The Morgan fingerprint density at radius 3 is 2.76 bits per heavy atom. The topological polar surface area (TPSA) is 41.5 Å². The van der Waals surface area contributed by atoms with Gasteiger partial charge in [-0.3, -0.25) is 4.79 Å². The molecule has 1 amide bonds. The molecule has 1 aromatic carbocycles. The van der Waals surface area contributed by atoms with Gasteiger partial charge in [0.1, 0.15) is 0 Å². The maximum atomic E-state index is 10.9. The molecule has 3 nitrogen and oxygen atoms in total. The molecule has 1 atom stereocenters. The van der Waals surface area contributed by atoms with Gasteiger partial charge in [0.2, 0.25) is 5.91 Å². The molecule has 2 rings (SSSR count). The van der Waals surface area contributed by atoms with E-state index in [4.69, 9.17) is 0 Å². The predicted molar refractivity (Wildman–Crippen MR) is 68.9 cm³/mol. The van der Waals surface area contributed by atoms with Crippen LogP contribution in [-0.4, -0.2) is 11.6 Å². The zero-order chi connectivity index (χ0) is 12.1. The van der Waals surface area contributed by atoms with Crippen LogP contribution in [0.2, 0.25) is 0 Å². The van der Waals surface area contributed by atoms with Gasteiger partial charge in [-0.25, -0.2) is 5.43 Å². The number of amides is 1. The van der Waals surface area contributed by atoms with Gasteiger partial charge in [-0.15, -0.1) is 0 Å². The summed E-state index contributed by atoms with van der Waals surface area (Å²) in [6, 6.07) is 10.4. The van der Waals surface area contributed by atoms with Crippen LogP contribution < -0.4 is 5.43 Å². The number of hydrogen-bond acceptors (Lipinski definition) is 2. The average Bonchev–Trinajstić information content (AvgIpc) is 2.38. The van der Waals surface area contributed by atoms with E-state index in [1.165, 1.54) is 25.3 Å². The SMILES string of the molecule is CC(=O)N/N=C1\CCCC[C@H]1c1ccccc1. The first kappa shape index (κ1) is 11.8. The minimum atomic E-state index is -0.102. The van der Waals surface area contributed by atoms with E-state index in [-0.39, 0.29) is 5.91 Å². The van der Waals surface area contributed by atoms with Crippen LogP contribution in [0.3, 0.4) is 0 Å². The van der Waals surface area contributed by atoms with Crippen molar-refractivity contribution in [2.75, 3.05) is 0 Å². The van der Waals surface area contributed by atoms with E-state index in [0.29, 0.717) is 5.92 Å². The van der Waals surface area contributed by atoms with Crippen LogP contribution in [0.5, 0.6) is 0 Å². The zero-order valence-electron chi connectivity index (χ0n) is 10.1. The fraction of sp³-hybridized carbons (Fsp3) is 0.429. The van der Waals surface area contributed by atoms with Crippen molar-refractivity contribution in [3.8, 4) is 0 Å². The van der Waals surface area contributed by atoms with Crippen LogP contribution in [-0.2, 0) is 4.79 Å². The summed E-state index contributed by atoms with van der Waals surface area (Å²) >= 11 is 0. The van der Waals surface area contributed by atoms with Crippen molar-refractivity contribution in [1.29, 1.82) is 0 Å². The summed E-state index contributed by atoms with van der Waals surface area (Å²) in [5, 5.41) is 4.26. The number of hydrogen-bond donors (Lipinski definition) is 1. The third kappa shape index (κ3) is 3.16. The number of benzene rings is 1. The highest BCUT2D eigenvalue weighted by Crippen LogP contribution is 2.30. The molecule has 1 aliphatic carbocycles. The summed E-state index contributed by atoms with van der Waals surface area (Å²) in [4.78, 5) is 10.9. The molecule has 3 heteroatoms. The smallest absolute Gasteiger partial charge is 0.236 e. The third-order valence-corrected chi connectivity index (χ3v) is 3.14. The second kappa shape index (κ2) is 5.62. The van der Waals surface area contributed by atoms with Gasteiger partial charge in [-0.2, -0.15) is 5.10 Å². The van der Waals surface area contributed by atoms with Crippen LogP contribution in [0.4, 0.5) is 0 Å². The summed E-state index contributed by atoms with van der Waals surface area (Å²) in [5.41, 5.74) is 4.98. The van der Waals surface area contributed by atoms with Crippen LogP contribution in [0.1, 0.15) is 44.1 Å². The van der Waals surface area contributed by atoms with Gasteiger partial charge in [0.25, 0.3) is 0 Å². The Balaban J connectivity index is 2.18. The van der Waals surface area contributed by atoms with Gasteiger partial charge in [0, 0.05) is 18.6 Å². The van der Waals surface area contributed by atoms with Crippen LogP contribution in [0, 0.1) is 0 Å². The Bertz CT molecular complexity index is 411. The van der Waals surface area contributed by atoms with E-state index < -0.39 is 0 Å². The summed E-state index contributed by atoms with van der Waals surface area (Å²) in [6.07, 6.45) is 4.52. The van der Waals surface area contributed by atoms with E-state index in [2.05, 4.69) is 34.8 Å². The van der Waals surface area contributed by atoms with Crippen molar-refractivity contribution in [3.05, 3.63) is 35.9 Å². The fourth-order valence-electron chi connectivity index (χ4n) is 2.32. The molecule has 0 aliphatic heterocycles. The zero-order valence-corrected chi connectivity index (χ0v) is 10.1. The van der Waals surface area contributed by atoms with E-state index >= 15 is 0 Å². The first-order valence-electron chi connectivity index (χ1n) is 6.15. The average molecular weight is 230 g/mol. The molecule has 0 heterocycles. The van der Waals surface area contributed by atoms with Crippen molar-refractivity contribution in [2.45, 2.75) is 38.5 Å². The second-order valence-corrected chi connectivity index (χ2v) is 4.48. The molecule has 1 N–H and O–H groups in total. The normalized spacial score (nSPS) is 22.4. The molecular weight excluding hydrogens is 212 g/mol. The number of carbonyl (C=O) groups is 1. The first-order chi connectivity index (χ1) is 8.27. The molecule has 0 bridgehead atoms. The van der Waals surface area contributed by atoms with Gasteiger partial charge in [-0.1, -0.05) is 36.8 Å². The van der Waals surface area contributed by atoms with Crippen LogP contribution in [0.25, 0.3) is 0 Å². The van der Waals surface area contributed by atoms with Gasteiger partial charge in [0.05, 0.1) is 0 Å². The number of nitrogens with zero attached hydrogens (tertiary/aromatic N) is 1. The van der Waals surface area contributed by atoms with E-state index in [1.54, 1.807) is 0 Å². The Hall–Kier alpha value is -1.64. The van der Waals surface area contributed by atoms with Gasteiger partial charge in [-0.05, 0) is 24.8 Å². The van der Waals surface area contributed by atoms with E-state index in [1.807, 2.05) is 6.07 Å². The summed E-state index contributed by atoms with van der Waals surface area (Å²) in [7, 11) is 0. The van der Waals surface area contributed by atoms with Crippen LogP contribution >= 0.6 is 0 Å². The van der Waals surface area contributed by atoms with Gasteiger partial charge in [0.15, 0.2) is 0 Å². The second-order valence-electron chi connectivity index (χ2n) is 4.48. The molecular formula is C14H18N2O. The lowest BCUT2D eigenvalue weighted by Crippen LogP contribution is -2.23. The molecule has 1 aromatic rings. The molecule has 0 spiro atoms. The highest BCUT2D eigenvalue weighted by Gasteiger charge is 2.22. The molecule has 1 fully saturated rings. The Labute approximate surface area is 102 Å². The molecule has 17 heavy (non-hydrogen) atoms. The van der Waals surface area contributed by atoms with E-state index in [0.717, 1.165) is 18.6 Å². The monoisotopic (exact) mass is 230 g/mol. The lowest BCUT2D eigenvalue weighted by atomic mass is 9.82. The lowest BCUT2D eigenvalue weighted by molar-refractivity contribution is -0.118. The van der Waals surface area contributed by atoms with Gasteiger partial charge < -0.3 is 0 Å². The highest BCUT2D eigenvalue weighted by molar-refractivity contribution is 5.92. The standard InChI is InChI=1S/C14H18N2O/c1-11(17)15-16-14-10-6-5-9-13(14)12-7-3-2-4-8-12/h2-4,7-8,13H,5-6,9-10H2,1H3,(H,15,17)/b16-14+/t13-/m0/s1. The number of carbonyl (C=O) groups excluding carboxylic acids is 1. The lowest BCUT2D eigenvalue weighted by Gasteiger charge is -2.24. The van der Waals surface area contributed by atoms with Crippen molar-refractivity contribution in [2.24, 2.45) is 5.10 Å². The van der Waals surface area contributed by atoms with E-state index in [9.17, 15) is 4.79 Å². The number of hydrazone groups is 1. The minimum Gasteiger partial charge on any atom is -0.274 e. The molecule has 0 radical (unpaired) electrons. The minimum absolute atomic E-state index is 0.102. The predicted octanol–water partition coefficient (Wildman–Crippen LogP) is 2.84. The summed E-state index contributed by atoms with van der Waals surface area (Å²) in [5.74, 6) is 0.270. The quantitative estimate of drug-likeness (QED) is 0.780. The molecule has 1 aliphatic rings. The Kier molecular flexibility index (Phi) is 3.91. The summed E-state index contributed by atoms with van der Waals surface area (Å²) < 4.78 is 0. The van der Waals surface area contributed by atoms with Crippen molar-refractivity contribution in [1.82, 2.24) is 5.43 Å². The molecule has 0 unspecified atom stereocenters. The maximum Gasteiger partial charge on any atom is 0.236 e. The molecule has 0 aromatic heterocycles. The number of rotatable bonds is 2. The van der Waals surface area contributed by atoms with Gasteiger partial charge >= 0.3 is 0 Å². The maximum absolute atomic E-state index is 10.9. The Morgan fingerprint density at radius 1 is 1.29 bits per heavy atom. The van der Waals surface area contributed by atoms with Crippen molar-refractivity contribution >= 4 is 11.6 Å². The highest BCUT2D eigenvalue weighted by atomic mass is 16.2. The molecule has 1 saturated carbocycles.